The molecule has 0 bridgehead atoms. The van der Waals surface area contributed by atoms with Gasteiger partial charge in [0.25, 0.3) is 3.79 Å². The number of methoxy groups -OCH3 is 1. The molecule has 10 heteroatoms. The number of halogens is 5. The number of alkyl halides is 4. The second-order valence-corrected chi connectivity index (χ2v) is 6.94. The smallest absolute Gasteiger partial charge is 0.265 e. The molecular weight excluding hydrogens is 438 g/mol. The highest BCUT2D eigenvalue weighted by Crippen LogP contribution is 2.39. The molecule has 4 unspecified atom stereocenters. The first kappa shape index (κ1) is 17.9. The largest absolute Gasteiger partial charge is 0.444 e. The zero-order valence-electron chi connectivity index (χ0n) is 9.96. The van der Waals surface area contributed by atoms with Crippen LogP contribution in [0.4, 0.5) is 4.39 Å². The summed E-state index contributed by atoms with van der Waals surface area (Å²) in [5.74, 6) is -0.725. The van der Waals surface area contributed by atoms with Crippen molar-refractivity contribution in [1.29, 1.82) is 5.41 Å². The quantitative estimate of drug-likeness (QED) is 0.309. The molecule has 0 radical (unpaired) electrons. The summed E-state index contributed by atoms with van der Waals surface area (Å²) in [6.07, 6.45) is -3.03. The minimum absolute atomic E-state index is 0.0968. The molecule has 1 aliphatic heterocycles. The van der Waals surface area contributed by atoms with Gasteiger partial charge in [-0.05, 0) is 6.92 Å². The van der Waals surface area contributed by atoms with E-state index < -0.39 is 33.9 Å². The van der Waals surface area contributed by atoms with Crippen molar-refractivity contribution in [3.63, 3.8) is 0 Å². The number of hydrogen-bond donors (Lipinski definition) is 1. The summed E-state index contributed by atoms with van der Waals surface area (Å²) < 4.78 is 32.7. The van der Waals surface area contributed by atoms with E-state index >= 15 is 0 Å². The molecule has 0 saturated carbocycles. The van der Waals surface area contributed by atoms with E-state index in [-0.39, 0.29) is 6.61 Å². The van der Waals surface area contributed by atoms with Gasteiger partial charge in [-0.15, -0.1) is 0 Å². The van der Waals surface area contributed by atoms with E-state index in [2.05, 4.69) is 0 Å². The van der Waals surface area contributed by atoms with Crippen molar-refractivity contribution in [1.82, 2.24) is 0 Å². The Bertz CT molecular complexity index is 342. The molecule has 0 aromatic rings. The third-order valence-electron chi connectivity index (χ3n) is 2.62. The van der Waals surface area contributed by atoms with Crippen molar-refractivity contribution in [2.24, 2.45) is 0 Å². The van der Waals surface area contributed by atoms with Gasteiger partial charge in [0.1, 0.15) is 35.2 Å². The van der Waals surface area contributed by atoms with Gasteiger partial charge in [0.15, 0.2) is 5.67 Å². The monoisotopic (exact) mass is 449 g/mol. The van der Waals surface area contributed by atoms with Gasteiger partial charge in [-0.3, -0.25) is 5.41 Å². The van der Waals surface area contributed by atoms with Crippen LogP contribution in [0, 0.1) is 5.41 Å². The maximum atomic E-state index is 14.6. The van der Waals surface area contributed by atoms with Gasteiger partial charge in [-0.2, -0.15) is 0 Å². The van der Waals surface area contributed by atoms with Crippen LogP contribution in [-0.2, 0) is 17.3 Å². The Kier molecular flexibility index (Phi) is 6.38. The van der Waals surface area contributed by atoms with Gasteiger partial charge in [-0.25, -0.2) is 4.39 Å². The number of hydrogen-bond acceptors (Lipinski definition) is 5. The third kappa shape index (κ3) is 4.18. The predicted octanol–water partition coefficient (Wildman–Crippen LogP) is 3.19. The lowest BCUT2D eigenvalue weighted by molar-refractivity contribution is -0.133. The fraction of sp³-hybridized carbons (Fsp3) is 0.889. The van der Waals surface area contributed by atoms with Gasteiger partial charge < -0.3 is 17.3 Å². The highest BCUT2D eigenvalue weighted by Gasteiger charge is 2.57. The van der Waals surface area contributed by atoms with Crippen LogP contribution < -0.4 is 0 Å². The van der Waals surface area contributed by atoms with E-state index in [4.69, 9.17) is 57.5 Å². The molecule has 1 heterocycles. The zero-order chi connectivity index (χ0) is 14.8. The van der Waals surface area contributed by atoms with Crippen LogP contribution in [0.15, 0.2) is 0 Å². The molecule has 1 saturated heterocycles. The summed E-state index contributed by atoms with van der Waals surface area (Å²) in [5.41, 5.74) is -2.02. The summed E-state index contributed by atoms with van der Waals surface area (Å²) >= 11 is 18.1. The first-order valence-electron chi connectivity index (χ1n) is 5.07. The second kappa shape index (κ2) is 6.76. The Hall–Kier alpha value is 0.880. The molecule has 4 atom stereocenters. The average Bonchev–Trinajstić information content (AvgIpc) is 2.49. The lowest BCUT2D eigenvalue weighted by Gasteiger charge is -2.27. The van der Waals surface area contributed by atoms with Gasteiger partial charge in [0.2, 0.25) is 12.2 Å². The number of nitrogens with one attached hydrogen (secondary N) is 1. The van der Waals surface area contributed by atoms with Crippen LogP contribution >= 0.6 is 57.8 Å². The minimum atomic E-state index is -2.08. The Morgan fingerprint density at radius 2 is 2.11 bits per heavy atom. The minimum Gasteiger partial charge on any atom is -0.444 e. The predicted molar refractivity (Wildman–Crippen MR) is 78.0 cm³/mol. The van der Waals surface area contributed by atoms with Crippen molar-refractivity contribution >= 4 is 63.7 Å². The Balaban J connectivity index is 2.82. The van der Waals surface area contributed by atoms with Crippen molar-refractivity contribution in [3.05, 3.63) is 0 Å². The molecule has 1 N–H and O–H groups in total. The molecule has 112 valence electrons. The van der Waals surface area contributed by atoms with E-state index in [1.54, 1.807) is 23.0 Å². The maximum Gasteiger partial charge on any atom is 0.265 e. The summed E-state index contributed by atoms with van der Waals surface area (Å²) in [6, 6.07) is 0. The first-order chi connectivity index (χ1) is 8.64. The first-order valence-corrected chi connectivity index (χ1v) is 7.09. The van der Waals surface area contributed by atoms with Crippen LogP contribution in [-0.4, -0.2) is 47.6 Å². The summed E-state index contributed by atoms with van der Waals surface area (Å²) in [5, 5.41) is 7.43. The average molecular weight is 450 g/mol. The van der Waals surface area contributed by atoms with Gasteiger partial charge in [-0.1, -0.05) is 34.8 Å². The topological polar surface area (TPSA) is 60.8 Å². The highest BCUT2D eigenvalue weighted by atomic mass is 127. The summed E-state index contributed by atoms with van der Waals surface area (Å²) in [4.78, 5) is 0. The molecule has 5 nitrogen and oxygen atoms in total. The molecule has 1 aliphatic rings. The normalized spacial score (nSPS) is 35.4. The van der Waals surface area contributed by atoms with Crippen molar-refractivity contribution in [2.45, 2.75) is 34.9 Å². The molecular formula is C9H12Cl3FINO4. The Labute approximate surface area is 139 Å². The van der Waals surface area contributed by atoms with Crippen molar-refractivity contribution in [3.8, 4) is 0 Å². The Morgan fingerprint density at radius 3 is 2.53 bits per heavy atom. The molecule has 0 spiro atoms. The van der Waals surface area contributed by atoms with Crippen LogP contribution in [0.5, 0.6) is 0 Å². The van der Waals surface area contributed by atoms with E-state index in [0.29, 0.717) is 0 Å². The molecule has 1 rings (SSSR count). The summed E-state index contributed by atoms with van der Waals surface area (Å²) in [7, 11) is 1.34. The van der Waals surface area contributed by atoms with Gasteiger partial charge >= 0.3 is 0 Å². The van der Waals surface area contributed by atoms with Crippen LogP contribution in [0.1, 0.15) is 6.92 Å². The van der Waals surface area contributed by atoms with E-state index in [1.807, 2.05) is 0 Å². The molecule has 19 heavy (non-hydrogen) atoms. The zero-order valence-corrected chi connectivity index (χ0v) is 14.4. The maximum absolute atomic E-state index is 14.6. The highest BCUT2D eigenvalue weighted by molar-refractivity contribution is 14.1. The van der Waals surface area contributed by atoms with Gasteiger partial charge in [0, 0.05) is 7.11 Å². The molecule has 1 fully saturated rings. The van der Waals surface area contributed by atoms with E-state index in [9.17, 15) is 4.39 Å². The van der Waals surface area contributed by atoms with E-state index in [0.717, 1.165) is 0 Å². The van der Waals surface area contributed by atoms with E-state index in [1.165, 1.54) is 14.0 Å². The fourth-order valence-corrected chi connectivity index (χ4v) is 2.24. The lowest BCUT2D eigenvalue weighted by Crippen LogP contribution is -2.45. The standard InChI is InChI=1S/C9H12Cl3FINO4/c1-8(13)5(16-2)4(3-17-14)18-7(8)19-6(15)9(10,11)12/h4-5,7,15H,3H2,1-2H3. The second-order valence-electron chi connectivity index (χ2n) is 4.03. The van der Waals surface area contributed by atoms with Crippen LogP contribution in [0.2, 0.25) is 0 Å². The van der Waals surface area contributed by atoms with Crippen LogP contribution in [0.3, 0.4) is 0 Å². The van der Waals surface area contributed by atoms with Crippen LogP contribution in [0.25, 0.3) is 0 Å². The summed E-state index contributed by atoms with van der Waals surface area (Å²) in [6.45, 7) is 1.32. The molecule has 0 aromatic carbocycles. The SMILES string of the molecule is COC1C(COI)OC(OC(=N)C(Cl)(Cl)Cl)C1(C)F. The molecule has 0 aromatic heterocycles. The molecule has 0 amide bonds. The molecule has 0 aliphatic carbocycles. The Morgan fingerprint density at radius 1 is 1.53 bits per heavy atom. The van der Waals surface area contributed by atoms with Crippen molar-refractivity contribution < 1.29 is 21.7 Å². The third-order valence-corrected chi connectivity index (χ3v) is 3.49. The lowest BCUT2D eigenvalue weighted by atomic mass is 9.99. The number of rotatable bonds is 4. The number of ether oxygens (including phenoxy) is 3. The van der Waals surface area contributed by atoms with Gasteiger partial charge in [0.05, 0.1) is 6.61 Å². The fourth-order valence-electron chi connectivity index (χ4n) is 1.75. The van der Waals surface area contributed by atoms with Crippen molar-refractivity contribution in [2.75, 3.05) is 13.7 Å².